The molecule has 2 N–H and O–H groups in total. The minimum atomic E-state index is -0.384. The lowest BCUT2D eigenvalue weighted by Crippen LogP contribution is -2.20. The number of pyridine rings is 1. The van der Waals surface area contributed by atoms with E-state index in [-0.39, 0.29) is 29.6 Å². The summed E-state index contributed by atoms with van der Waals surface area (Å²) in [6, 6.07) is 19.9. The quantitative estimate of drug-likeness (QED) is 0.271. The molecule has 4 heterocycles. The number of carbonyl (C=O) groups excluding carboxylic acids is 1. The van der Waals surface area contributed by atoms with Gasteiger partial charge in [0, 0.05) is 64.8 Å². The van der Waals surface area contributed by atoms with Gasteiger partial charge in [-0.3, -0.25) is 14.3 Å². The molecule has 1 aliphatic heterocycles. The van der Waals surface area contributed by atoms with Gasteiger partial charge in [-0.25, -0.2) is 8.78 Å². The average Bonchev–Trinajstić information content (AvgIpc) is 3.55. The van der Waals surface area contributed by atoms with Crippen LogP contribution in [0, 0.1) is 11.6 Å². The van der Waals surface area contributed by atoms with Crippen LogP contribution in [-0.4, -0.2) is 25.2 Å². The topological polar surface area (TPSA) is 88.0 Å². The summed E-state index contributed by atoms with van der Waals surface area (Å²) < 4.78 is 31.2. The van der Waals surface area contributed by atoms with Crippen molar-refractivity contribution in [3.05, 3.63) is 119 Å². The minimum Gasteiger partial charge on any atom is -0.345 e. The number of hydrogen-bond acceptors (Lipinski definition) is 4. The second-order valence-electron chi connectivity index (χ2n) is 10.2. The van der Waals surface area contributed by atoms with Gasteiger partial charge in [0.15, 0.2) is 0 Å². The van der Waals surface area contributed by atoms with Crippen LogP contribution in [-0.2, 0) is 24.9 Å². The molecule has 6 aromatic rings. The summed E-state index contributed by atoms with van der Waals surface area (Å²) in [5.74, 6) is -1.02. The SMILES string of the molecule is Cn1cc2c3c(c[nH]c(=O)c31)CN(c1ccc(F)cc1)c1ccc(NC(=O)Cn3ccc(-c4ccccc4F)n3)cc1-2. The number of aromatic nitrogens is 4. The number of aromatic amines is 1. The van der Waals surface area contributed by atoms with Gasteiger partial charge in [-0.1, -0.05) is 12.1 Å². The van der Waals surface area contributed by atoms with E-state index in [1.807, 2.05) is 31.4 Å². The normalized spacial score (nSPS) is 12.3. The molecule has 42 heavy (non-hydrogen) atoms. The Morgan fingerprint density at radius 1 is 1.00 bits per heavy atom. The first-order chi connectivity index (χ1) is 20.4. The largest absolute Gasteiger partial charge is 0.345 e. The van der Waals surface area contributed by atoms with Crippen molar-refractivity contribution in [1.29, 1.82) is 0 Å². The van der Waals surface area contributed by atoms with E-state index in [2.05, 4.69) is 20.3 Å². The number of aryl methyl sites for hydroxylation is 1. The summed E-state index contributed by atoms with van der Waals surface area (Å²) >= 11 is 0. The number of carbonyl (C=O) groups is 1. The number of hydrogen-bond donors (Lipinski definition) is 2. The highest BCUT2D eigenvalue weighted by Gasteiger charge is 2.26. The summed E-state index contributed by atoms with van der Waals surface area (Å²) in [6.45, 7) is 0.374. The zero-order valence-electron chi connectivity index (χ0n) is 22.4. The van der Waals surface area contributed by atoms with E-state index in [0.717, 1.165) is 33.5 Å². The molecule has 3 aromatic carbocycles. The Morgan fingerprint density at radius 2 is 1.81 bits per heavy atom. The zero-order chi connectivity index (χ0) is 29.0. The van der Waals surface area contributed by atoms with Gasteiger partial charge in [-0.05, 0) is 66.2 Å². The fraction of sp³-hybridized carbons (Fsp3) is 0.0938. The molecule has 7 rings (SSSR count). The van der Waals surface area contributed by atoms with E-state index in [9.17, 15) is 18.4 Å². The second kappa shape index (κ2) is 9.84. The summed E-state index contributed by atoms with van der Waals surface area (Å²) in [5.41, 5.74) is 5.92. The monoisotopic (exact) mass is 562 g/mol. The van der Waals surface area contributed by atoms with Crippen LogP contribution in [0.2, 0.25) is 0 Å². The molecule has 1 aliphatic rings. The predicted molar refractivity (Wildman–Crippen MR) is 157 cm³/mol. The van der Waals surface area contributed by atoms with E-state index in [1.165, 1.54) is 22.9 Å². The third kappa shape index (κ3) is 4.33. The molecular weight excluding hydrogens is 538 g/mol. The summed E-state index contributed by atoms with van der Waals surface area (Å²) in [5, 5.41) is 8.13. The third-order valence-corrected chi connectivity index (χ3v) is 7.52. The van der Waals surface area contributed by atoms with E-state index in [4.69, 9.17) is 0 Å². The lowest BCUT2D eigenvalue weighted by Gasteiger charge is -2.26. The molecule has 0 saturated carbocycles. The highest BCUT2D eigenvalue weighted by atomic mass is 19.1. The summed E-state index contributed by atoms with van der Waals surface area (Å²) in [7, 11) is 1.83. The second-order valence-corrected chi connectivity index (χ2v) is 10.2. The van der Waals surface area contributed by atoms with Crippen molar-refractivity contribution in [2.24, 2.45) is 7.05 Å². The molecule has 0 bridgehead atoms. The number of benzene rings is 3. The molecule has 0 aliphatic carbocycles. The van der Waals surface area contributed by atoms with Gasteiger partial charge in [0.2, 0.25) is 5.91 Å². The lowest BCUT2D eigenvalue weighted by molar-refractivity contribution is -0.116. The maximum atomic E-state index is 14.2. The molecule has 0 fully saturated rings. The van der Waals surface area contributed by atoms with E-state index < -0.39 is 0 Å². The number of amides is 1. The van der Waals surface area contributed by atoms with Crippen LogP contribution in [0.3, 0.4) is 0 Å². The molecule has 0 radical (unpaired) electrons. The minimum absolute atomic E-state index is 0.0684. The maximum absolute atomic E-state index is 14.2. The maximum Gasteiger partial charge on any atom is 0.272 e. The van der Waals surface area contributed by atoms with Gasteiger partial charge in [-0.2, -0.15) is 5.10 Å². The van der Waals surface area contributed by atoms with Crippen LogP contribution in [0.1, 0.15) is 5.56 Å². The van der Waals surface area contributed by atoms with Crippen molar-refractivity contribution >= 4 is 33.9 Å². The van der Waals surface area contributed by atoms with Crippen molar-refractivity contribution in [2.45, 2.75) is 13.1 Å². The number of rotatable bonds is 5. The van der Waals surface area contributed by atoms with Gasteiger partial charge in [0.05, 0.1) is 12.2 Å². The molecule has 0 saturated heterocycles. The smallest absolute Gasteiger partial charge is 0.272 e. The van der Waals surface area contributed by atoms with Crippen molar-refractivity contribution in [3.8, 4) is 22.4 Å². The zero-order valence-corrected chi connectivity index (χ0v) is 22.4. The first-order valence-electron chi connectivity index (χ1n) is 13.3. The highest BCUT2D eigenvalue weighted by Crippen LogP contribution is 2.44. The Morgan fingerprint density at radius 3 is 2.62 bits per heavy atom. The van der Waals surface area contributed by atoms with Crippen LogP contribution in [0.25, 0.3) is 33.3 Å². The number of H-pyrrole nitrogens is 1. The number of halogens is 2. The van der Waals surface area contributed by atoms with E-state index >= 15 is 0 Å². The Bertz CT molecular complexity index is 2060. The van der Waals surface area contributed by atoms with E-state index in [0.29, 0.717) is 29.0 Å². The van der Waals surface area contributed by atoms with Crippen molar-refractivity contribution in [2.75, 3.05) is 10.2 Å². The molecule has 208 valence electrons. The van der Waals surface area contributed by atoms with E-state index in [1.54, 1.807) is 53.4 Å². The van der Waals surface area contributed by atoms with Gasteiger partial charge < -0.3 is 19.8 Å². The fourth-order valence-corrected chi connectivity index (χ4v) is 5.63. The average molecular weight is 563 g/mol. The molecular formula is C32H24F2N6O2. The van der Waals surface area contributed by atoms with Crippen LogP contribution in [0.5, 0.6) is 0 Å². The van der Waals surface area contributed by atoms with Crippen LogP contribution < -0.4 is 15.8 Å². The fourth-order valence-electron chi connectivity index (χ4n) is 5.63. The molecule has 8 nitrogen and oxygen atoms in total. The van der Waals surface area contributed by atoms with Gasteiger partial charge >= 0.3 is 0 Å². The first-order valence-corrected chi connectivity index (χ1v) is 13.3. The first kappa shape index (κ1) is 25.5. The molecule has 1 amide bonds. The Hall–Kier alpha value is -5.51. The number of anilines is 3. The predicted octanol–water partition coefficient (Wildman–Crippen LogP) is 5.97. The van der Waals surface area contributed by atoms with Gasteiger partial charge in [0.1, 0.15) is 23.7 Å². The van der Waals surface area contributed by atoms with Crippen molar-refractivity contribution in [3.63, 3.8) is 0 Å². The van der Waals surface area contributed by atoms with Crippen molar-refractivity contribution < 1.29 is 13.6 Å². The van der Waals surface area contributed by atoms with Crippen molar-refractivity contribution in [1.82, 2.24) is 19.3 Å². The molecule has 10 heteroatoms. The Labute approximate surface area is 238 Å². The molecule has 0 spiro atoms. The van der Waals surface area contributed by atoms with Crippen LogP contribution in [0.4, 0.5) is 25.8 Å². The van der Waals surface area contributed by atoms with Crippen LogP contribution in [0.15, 0.2) is 96.2 Å². The Balaban J connectivity index is 1.25. The summed E-state index contributed by atoms with van der Waals surface area (Å²) in [4.78, 5) is 30.7. The number of nitrogens with one attached hydrogen (secondary N) is 2. The molecule has 3 aromatic heterocycles. The standard InChI is InChI=1S/C32H24F2N6O2/c1-38-17-25-24-14-21(36-29(41)18-39-13-12-27(37-39)23-4-2-3-5-26(23)34)8-11-28(24)40(22-9-6-20(33)7-10-22)16-19-15-35-32(42)31(38)30(19)25/h2-15,17H,16,18H2,1H3,(H,35,42)(H,36,41). The van der Waals surface area contributed by atoms with Crippen LogP contribution >= 0.6 is 0 Å². The van der Waals surface area contributed by atoms with Gasteiger partial charge in [0.25, 0.3) is 5.56 Å². The van der Waals surface area contributed by atoms with Gasteiger partial charge in [-0.15, -0.1) is 0 Å². The number of fused-ring (bicyclic) bond motifs is 2. The summed E-state index contributed by atoms with van der Waals surface area (Å²) in [6.07, 6.45) is 5.27. The third-order valence-electron chi connectivity index (χ3n) is 7.52. The molecule has 0 atom stereocenters. The Kier molecular flexibility index (Phi) is 5.97. The number of nitrogens with zero attached hydrogens (tertiary/aromatic N) is 4. The highest BCUT2D eigenvalue weighted by molar-refractivity contribution is 6.04. The lowest BCUT2D eigenvalue weighted by atomic mass is 10.0. The molecule has 0 unspecified atom stereocenters.